The number of dihydropyridines is 1. The third-order valence-electron chi connectivity index (χ3n) is 8.01. The zero-order valence-electron chi connectivity index (χ0n) is 24.0. The summed E-state index contributed by atoms with van der Waals surface area (Å²) < 4.78 is 10.9. The molecule has 0 spiro atoms. The molecule has 2 aliphatic rings. The highest BCUT2D eigenvalue weighted by atomic mass is 16.5. The van der Waals surface area contributed by atoms with Crippen molar-refractivity contribution in [3.8, 4) is 11.5 Å². The van der Waals surface area contributed by atoms with Crippen LogP contribution in [0.25, 0.3) is 0 Å². The van der Waals surface area contributed by atoms with E-state index in [1.165, 1.54) is 0 Å². The number of hydrogen-bond donors (Lipinski definition) is 2. The van der Waals surface area contributed by atoms with Gasteiger partial charge in [0.15, 0.2) is 17.3 Å². The van der Waals surface area contributed by atoms with Crippen molar-refractivity contribution in [1.29, 1.82) is 0 Å². The third-order valence-corrected chi connectivity index (χ3v) is 8.01. The van der Waals surface area contributed by atoms with Gasteiger partial charge >= 0.3 is 0 Å². The van der Waals surface area contributed by atoms with E-state index in [0.717, 1.165) is 44.9 Å². The van der Waals surface area contributed by atoms with Crippen molar-refractivity contribution < 1.29 is 19.1 Å². The highest BCUT2D eigenvalue weighted by molar-refractivity contribution is 6.10. The summed E-state index contributed by atoms with van der Waals surface area (Å²) in [4.78, 5) is 27.9. The van der Waals surface area contributed by atoms with Gasteiger partial charge in [-0.2, -0.15) is 0 Å². The van der Waals surface area contributed by atoms with Gasteiger partial charge in [-0.05, 0) is 81.0 Å². The minimum atomic E-state index is -0.458. The summed E-state index contributed by atoms with van der Waals surface area (Å²) in [6.45, 7) is 8.02. The van der Waals surface area contributed by atoms with Gasteiger partial charge in [-0.3, -0.25) is 9.59 Å². The highest BCUT2D eigenvalue weighted by Crippen LogP contribution is 2.47. The van der Waals surface area contributed by atoms with E-state index in [-0.39, 0.29) is 17.6 Å². The van der Waals surface area contributed by atoms with Crippen molar-refractivity contribution in [2.45, 2.75) is 52.4 Å². The molecular weight excluding hydrogens is 500 g/mol. The lowest BCUT2D eigenvalue weighted by Crippen LogP contribution is -2.37. The predicted molar refractivity (Wildman–Crippen MR) is 158 cm³/mol. The first kappa shape index (κ1) is 27.3. The third kappa shape index (κ3) is 5.14. The second kappa shape index (κ2) is 11.0. The van der Waals surface area contributed by atoms with Crippen LogP contribution >= 0.6 is 0 Å². The Kier molecular flexibility index (Phi) is 7.53. The van der Waals surface area contributed by atoms with E-state index in [1.807, 2.05) is 70.2 Å². The Hall–Kier alpha value is -4.32. The van der Waals surface area contributed by atoms with Crippen LogP contribution in [0.15, 0.2) is 83.2 Å². The number of carbonyl (C=O) groups excluding carboxylic acids is 2. The van der Waals surface area contributed by atoms with Crippen LogP contribution in [0.5, 0.6) is 11.5 Å². The molecule has 1 aliphatic carbocycles. The molecule has 0 saturated heterocycles. The number of methoxy groups -OCH3 is 2. The average molecular weight is 537 g/mol. The SMILES string of the molecule is COc1ccc(C2CC(=O)C3=C(C2)NC(C)=C(C(=O)Nc2ccc(C)cc2)C3c2cc(C)ccc2C)cc1OC. The fourth-order valence-corrected chi connectivity index (χ4v) is 5.90. The number of anilines is 1. The Morgan fingerprint density at radius 3 is 2.25 bits per heavy atom. The molecule has 3 aromatic rings. The van der Waals surface area contributed by atoms with Gasteiger partial charge < -0.3 is 20.1 Å². The summed E-state index contributed by atoms with van der Waals surface area (Å²) in [5.41, 5.74) is 8.88. The highest BCUT2D eigenvalue weighted by Gasteiger charge is 2.41. The van der Waals surface area contributed by atoms with Crippen molar-refractivity contribution in [2.75, 3.05) is 19.5 Å². The number of amides is 1. The molecular formula is C34H36N2O4. The maximum absolute atomic E-state index is 14.0. The number of nitrogens with one attached hydrogen (secondary N) is 2. The lowest BCUT2D eigenvalue weighted by molar-refractivity contribution is -0.116. The summed E-state index contributed by atoms with van der Waals surface area (Å²) in [6, 6.07) is 19.8. The molecule has 1 heterocycles. The predicted octanol–water partition coefficient (Wildman–Crippen LogP) is 6.63. The van der Waals surface area contributed by atoms with Gasteiger partial charge in [0.1, 0.15) is 0 Å². The normalized spacial score (nSPS) is 18.7. The van der Waals surface area contributed by atoms with Gasteiger partial charge in [0.25, 0.3) is 5.91 Å². The molecule has 0 bridgehead atoms. The van der Waals surface area contributed by atoms with Crippen molar-refractivity contribution in [3.05, 3.63) is 111 Å². The molecule has 2 unspecified atom stereocenters. The van der Waals surface area contributed by atoms with Gasteiger partial charge in [0.2, 0.25) is 0 Å². The average Bonchev–Trinajstić information content (AvgIpc) is 2.94. The van der Waals surface area contributed by atoms with Gasteiger partial charge in [-0.15, -0.1) is 0 Å². The van der Waals surface area contributed by atoms with Gasteiger partial charge in [0, 0.05) is 40.6 Å². The molecule has 0 saturated carbocycles. The number of benzene rings is 3. The molecule has 0 radical (unpaired) electrons. The maximum atomic E-state index is 14.0. The van der Waals surface area contributed by atoms with E-state index in [9.17, 15) is 9.59 Å². The molecule has 0 aromatic heterocycles. The van der Waals surface area contributed by atoms with Crippen LogP contribution in [0.3, 0.4) is 0 Å². The second-order valence-electron chi connectivity index (χ2n) is 10.8. The Balaban J connectivity index is 1.57. The molecule has 5 rings (SSSR count). The first-order chi connectivity index (χ1) is 19.2. The summed E-state index contributed by atoms with van der Waals surface area (Å²) in [6.07, 6.45) is 1.01. The van der Waals surface area contributed by atoms with E-state index in [4.69, 9.17) is 9.47 Å². The first-order valence-corrected chi connectivity index (χ1v) is 13.6. The van der Waals surface area contributed by atoms with Crippen LogP contribution in [0.4, 0.5) is 5.69 Å². The van der Waals surface area contributed by atoms with Crippen LogP contribution in [0.2, 0.25) is 0 Å². The number of ether oxygens (including phenoxy) is 2. The van der Waals surface area contributed by atoms with Crippen LogP contribution < -0.4 is 20.1 Å². The fourth-order valence-electron chi connectivity index (χ4n) is 5.90. The Bertz CT molecular complexity index is 1550. The van der Waals surface area contributed by atoms with Gasteiger partial charge in [-0.25, -0.2) is 0 Å². The minimum absolute atomic E-state index is 0.0199. The Morgan fingerprint density at radius 1 is 0.850 bits per heavy atom. The van der Waals surface area contributed by atoms with Crippen LogP contribution in [-0.4, -0.2) is 25.9 Å². The number of hydrogen-bond acceptors (Lipinski definition) is 5. The van der Waals surface area contributed by atoms with E-state index in [2.05, 4.69) is 28.8 Å². The molecule has 2 atom stereocenters. The summed E-state index contributed by atoms with van der Waals surface area (Å²) in [5.74, 6) is 0.660. The van der Waals surface area contributed by atoms with E-state index >= 15 is 0 Å². The fraction of sp³-hybridized carbons (Fsp3) is 0.294. The smallest absolute Gasteiger partial charge is 0.254 e. The first-order valence-electron chi connectivity index (χ1n) is 13.6. The molecule has 1 aliphatic heterocycles. The number of carbonyl (C=O) groups is 2. The minimum Gasteiger partial charge on any atom is -0.493 e. The molecule has 6 heteroatoms. The quantitative estimate of drug-likeness (QED) is 0.370. The second-order valence-corrected chi connectivity index (χ2v) is 10.8. The molecule has 3 aromatic carbocycles. The molecule has 0 fully saturated rings. The number of ketones is 1. The molecule has 2 N–H and O–H groups in total. The zero-order valence-corrected chi connectivity index (χ0v) is 24.0. The van der Waals surface area contributed by atoms with Gasteiger partial charge in [-0.1, -0.05) is 47.5 Å². The zero-order chi connectivity index (χ0) is 28.6. The standard InChI is InChI=1S/C34H36N2O4/c1-19-8-12-25(13-9-19)36-34(38)31-22(4)35-27-16-24(23-11-14-29(39-5)30(18-23)40-6)17-28(37)33(27)32(31)26-15-20(2)7-10-21(26)3/h7-15,18,24,32,35H,16-17H2,1-6H3,(H,36,38). The lowest BCUT2D eigenvalue weighted by Gasteiger charge is -2.37. The Morgan fingerprint density at radius 2 is 1.55 bits per heavy atom. The maximum Gasteiger partial charge on any atom is 0.254 e. The summed E-state index contributed by atoms with van der Waals surface area (Å²) >= 11 is 0. The number of aryl methyl sites for hydroxylation is 3. The van der Waals surface area contributed by atoms with E-state index in [1.54, 1.807) is 14.2 Å². The molecule has 206 valence electrons. The number of Topliss-reactive ketones (excluding diaryl/α,β-unsaturated/α-hetero) is 1. The van der Waals surface area contributed by atoms with E-state index in [0.29, 0.717) is 35.5 Å². The van der Waals surface area contributed by atoms with Crippen molar-refractivity contribution in [2.24, 2.45) is 0 Å². The van der Waals surface area contributed by atoms with Crippen molar-refractivity contribution in [3.63, 3.8) is 0 Å². The Labute approximate surface area is 236 Å². The van der Waals surface area contributed by atoms with E-state index < -0.39 is 5.92 Å². The molecule has 40 heavy (non-hydrogen) atoms. The molecule has 1 amide bonds. The van der Waals surface area contributed by atoms with Crippen LogP contribution in [-0.2, 0) is 9.59 Å². The van der Waals surface area contributed by atoms with Crippen LogP contribution in [0, 0.1) is 20.8 Å². The monoisotopic (exact) mass is 536 g/mol. The topological polar surface area (TPSA) is 76.7 Å². The van der Waals surface area contributed by atoms with Crippen molar-refractivity contribution >= 4 is 17.4 Å². The largest absolute Gasteiger partial charge is 0.493 e. The summed E-state index contributed by atoms with van der Waals surface area (Å²) in [5, 5.41) is 6.56. The van der Waals surface area contributed by atoms with Crippen molar-refractivity contribution in [1.82, 2.24) is 5.32 Å². The lowest BCUT2D eigenvalue weighted by atomic mass is 9.70. The van der Waals surface area contributed by atoms with Crippen LogP contribution in [0.1, 0.15) is 59.4 Å². The number of rotatable bonds is 6. The number of allylic oxidation sites excluding steroid dienone is 3. The summed E-state index contributed by atoms with van der Waals surface area (Å²) in [7, 11) is 3.23. The van der Waals surface area contributed by atoms with Gasteiger partial charge in [0.05, 0.1) is 14.2 Å². The molecule has 6 nitrogen and oxygen atoms in total.